The van der Waals surface area contributed by atoms with Crippen LogP contribution < -0.4 is 5.32 Å². The molecule has 0 aliphatic heterocycles. The summed E-state index contributed by atoms with van der Waals surface area (Å²) >= 11 is 0. The van der Waals surface area contributed by atoms with Crippen LogP contribution in [-0.2, 0) is 4.79 Å². The van der Waals surface area contributed by atoms with E-state index in [2.05, 4.69) is 11.4 Å². The molecule has 3 heteroatoms. The highest BCUT2D eigenvalue weighted by molar-refractivity contribution is 5.96. The summed E-state index contributed by atoms with van der Waals surface area (Å²) in [6.07, 6.45) is 0. The number of hydrogen-bond acceptors (Lipinski definition) is 2. The Bertz CT molecular complexity index is 656. The minimum absolute atomic E-state index is 0.113. The lowest BCUT2D eigenvalue weighted by molar-refractivity contribution is -0.117. The molecule has 0 bridgehead atoms. The second-order valence-electron chi connectivity index (χ2n) is 4.73. The molecule has 0 fully saturated rings. The number of benzene rings is 2. The molecule has 100 valence electrons. The second-order valence-corrected chi connectivity index (χ2v) is 4.73. The zero-order valence-electron chi connectivity index (χ0n) is 11.6. The zero-order chi connectivity index (χ0) is 14.5. The lowest BCUT2D eigenvalue weighted by atomic mass is 10.00. The van der Waals surface area contributed by atoms with Crippen LogP contribution in [0, 0.1) is 18.3 Å². The van der Waals surface area contributed by atoms with Crippen molar-refractivity contribution < 1.29 is 4.79 Å². The molecule has 2 rings (SSSR count). The van der Waals surface area contributed by atoms with Gasteiger partial charge in [0, 0.05) is 0 Å². The van der Waals surface area contributed by atoms with E-state index in [0.717, 1.165) is 11.1 Å². The van der Waals surface area contributed by atoms with Gasteiger partial charge >= 0.3 is 0 Å². The van der Waals surface area contributed by atoms with Crippen molar-refractivity contribution in [3.05, 3.63) is 65.2 Å². The maximum atomic E-state index is 12.3. The lowest BCUT2D eigenvalue weighted by Crippen LogP contribution is -2.19. The zero-order valence-corrected chi connectivity index (χ0v) is 11.6. The van der Waals surface area contributed by atoms with Gasteiger partial charge in [0.15, 0.2) is 0 Å². The summed E-state index contributed by atoms with van der Waals surface area (Å²) in [6.45, 7) is 3.71. The Kier molecular flexibility index (Phi) is 4.17. The number of amides is 1. The molecule has 2 aromatic carbocycles. The molecule has 1 amide bonds. The van der Waals surface area contributed by atoms with E-state index in [9.17, 15) is 4.79 Å². The standard InChI is InChI=1S/C17H16N2O/c1-12-7-6-10-16(15(12)11-18)19-17(20)13(2)14-8-4-3-5-9-14/h3-10,13H,1-2H3,(H,19,20). The number of carbonyl (C=O) groups excluding carboxylic acids is 1. The molecule has 0 aromatic heterocycles. The molecule has 0 saturated carbocycles. The summed E-state index contributed by atoms with van der Waals surface area (Å²) in [5.41, 5.74) is 2.90. The maximum Gasteiger partial charge on any atom is 0.231 e. The van der Waals surface area contributed by atoms with Crippen molar-refractivity contribution in [1.29, 1.82) is 5.26 Å². The van der Waals surface area contributed by atoms with E-state index in [1.165, 1.54) is 0 Å². The minimum atomic E-state index is -0.261. The Morgan fingerprint density at radius 2 is 1.85 bits per heavy atom. The number of nitrogens with one attached hydrogen (secondary N) is 1. The Labute approximate surface area is 118 Å². The third kappa shape index (κ3) is 2.86. The second kappa shape index (κ2) is 6.03. The van der Waals surface area contributed by atoms with Gasteiger partial charge in [-0.3, -0.25) is 4.79 Å². The summed E-state index contributed by atoms with van der Waals surface area (Å²) in [7, 11) is 0. The van der Waals surface area contributed by atoms with Crippen LogP contribution in [0.25, 0.3) is 0 Å². The van der Waals surface area contributed by atoms with Crippen molar-refractivity contribution in [1.82, 2.24) is 0 Å². The molecule has 0 radical (unpaired) electrons. The number of rotatable bonds is 3. The van der Waals surface area contributed by atoms with E-state index in [1.807, 2.05) is 56.3 Å². The summed E-state index contributed by atoms with van der Waals surface area (Å²) in [5, 5.41) is 12.0. The average molecular weight is 264 g/mol. The highest BCUT2D eigenvalue weighted by Crippen LogP contribution is 2.21. The van der Waals surface area contributed by atoms with Gasteiger partial charge in [0.05, 0.1) is 17.2 Å². The fourth-order valence-corrected chi connectivity index (χ4v) is 2.05. The average Bonchev–Trinajstić information content (AvgIpc) is 2.47. The molecule has 0 aliphatic rings. The molecule has 2 aromatic rings. The van der Waals surface area contributed by atoms with Gasteiger partial charge < -0.3 is 5.32 Å². The molecule has 0 spiro atoms. The number of carbonyl (C=O) groups is 1. The maximum absolute atomic E-state index is 12.3. The van der Waals surface area contributed by atoms with Gasteiger partial charge in [-0.25, -0.2) is 0 Å². The third-order valence-corrected chi connectivity index (χ3v) is 3.34. The summed E-state index contributed by atoms with van der Waals surface area (Å²) < 4.78 is 0. The Balaban J connectivity index is 2.21. The molecule has 0 heterocycles. The molecule has 0 aliphatic carbocycles. The predicted molar refractivity (Wildman–Crippen MR) is 79.4 cm³/mol. The number of hydrogen-bond donors (Lipinski definition) is 1. The number of aryl methyl sites for hydroxylation is 1. The largest absolute Gasteiger partial charge is 0.324 e. The normalized spacial score (nSPS) is 11.4. The van der Waals surface area contributed by atoms with E-state index < -0.39 is 0 Å². The quantitative estimate of drug-likeness (QED) is 0.920. The van der Waals surface area contributed by atoms with Crippen molar-refractivity contribution >= 4 is 11.6 Å². The monoisotopic (exact) mass is 264 g/mol. The van der Waals surface area contributed by atoms with Crippen LogP contribution in [0.5, 0.6) is 0 Å². The smallest absolute Gasteiger partial charge is 0.231 e. The molecule has 1 N–H and O–H groups in total. The Hall–Kier alpha value is -2.60. The van der Waals surface area contributed by atoms with Crippen molar-refractivity contribution in [2.45, 2.75) is 19.8 Å². The van der Waals surface area contributed by atoms with E-state index in [-0.39, 0.29) is 11.8 Å². The highest BCUT2D eigenvalue weighted by Gasteiger charge is 2.16. The van der Waals surface area contributed by atoms with E-state index >= 15 is 0 Å². The van der Waals surface area contributed by atoms with Crippen LogP contribution in [0.2, 0.25) is 0 Å². The fraction of sp³-hybridized carbons (Fsp3) is 0.176. The topological polar surface area (TPSA) is 52.9 Å². The minimum Gasteiger partial charge on any atom is -0.324 e. The van der Waals surface area contributed by atoms with Gasteiger partial charge in [-0.15, -0.1) is 0 Å². The van der Waals surface area contributed by atoms with Crippen molar-refractivity contribution in [2.24, 2.45) is 0 Å². The van der Waals surface area contributed by atoms with Crippen LogP contribution in [0.15, 0.2) is 48.5 Å². The van der Waals surface area contributed by atoms with Gasteiger partial charge in [-0.1, -0.05) is 42.5 Å². The van der Waals surface area contributed by atoms with Gasteiger partial charge in [0.25, 0.3) is 0 Å². The Morgan fingerprint density at radius 1 is 1.15 bits per heavy atom. The van der Waals surface area contributed by atoms with Crippen LogP contribution in [0.4, 0.5) is 5.69 Å². The molecule has 3 nitrogen and oxygen atoms in total. The first kappa shape index (κ1) is 13.8. The number of anilines is 1. The van der Waals surface area contributed by atoms with Gasteiger partial charge in [0.2, 0.25) is 5.91 Å². The van der Waals surface area contributed by atoms with E-state index in [0.29, 0.717) is 11.3 Å². The molecule has 1 atom stereocenters. The van der Waals surface area contributed by atoms with Gasteiger partial charge in [0.1, 0.15) is 6.07 Å². The number of nitrogens with zero attached hydrogens (tertiary/aromatic N) is 1. The van der Waals surface area contributed by atoms with E-state index in [1.54, 1.807) is 6.07 Å². The SMILES string of the molecule is Cc1cccc(NC(=O)C(C)c2ccccc2)c1C#N. The van der Waals surface area contributed by atoms with Crippen molar-refractivity contribution in [3.63, 3.8) is 0 Å². The summed E-state index contributed by atoms with van der Waals surface area (Å²) in [5.74, 6) is -0.374. The van der Waals surface area contributed by atoms with Crippen LogP contribution in [0.1, 0.15) is 29.5 Å². The molecule has 0 saturated heterocycles. The first-order valence-corrected chi connectivity index (χ1v) is 6.49. The summed E-state index contributed by atoms with van der Waals surface area (Å²) in [4.78, 5) is 12.3. The van der Waals surface area contributed by atoms with Gasteiger partial charge in [-0.2, -0.15) is 5.26 Å². The van der Waals surface area contributed by atoms with Crippen molar-refractivity contribution in [2.75, 3.05) is 5.32 Å². The molecule has 20 heavy (non-hydrogen) atoms. The fourth-order valence-electron chi connectivity index (χ4n) is 2.05. The van der Waals surface area contributed by atoms with Crippen LogP contribution in [-0.4, -0.2) is 5.91 Å². The molecular weight excluding hydrogens is 248 g/mol. The third-order valence-electron chi connectivity index (χ3n) is 3.34. The van der Waals surface area contributed by atoms with E-state index in [4.69, 9.17) is 5.26 Å². The highest BCUT2D eigenvalue weighted by atomic mass is 16.1. The van der Waals surface area contributed by atoms with Crippen LogP contribution in [0.3, 0.4) is 0 Å². The summed E-state index contributed by atoms with van der Waals surface area (Å²) in [6, 6.07) is 17.2. The van der Waals surface area contributed by atoms with Gasteiger partial charge in [-0.05, 0) is 31.0 Å². The molecule has 1 unspecified atom stereocenters. The first-order valence-electron chi connectivity index (χ1n) is 6.49. The van der Waals surface area contributed by atoms with Crippen molar-refractivity contribution in [3.8, 4) is 6.07 Å². The predicted octanol–water partition coefficient (Wildman–Crippen LogP) is 3.61. The van der Waals surface area contributed by atoms with Crippen LogP contribution >= 0.6 is 0 Å². The first-order chi connectivity index (χ1) is 9.63. The lowest BCUT2D eigenvalue weighted by Gasteiger charge is -2.14. The molecular formula is C17H16N2O. The number of nitriles is 1. The Morgan fingerprint density at radius 3 is 2.50 bits per heavy atom.